The van der Waals surface area contributed by atoms with Gasteiger partial charge in [0.2, 0.25) is 0 Å². The van der Waals surface area contributed by atoms with Crippen molar-refractivity contribution < 1.29 is 19.1 Å². The number of aromatic nitrogens is 1. The predicted molar refractivity (Wildman–Crippen MR) is 149 cm³/mol. The van der Waals surface area contributed by atoms with Crippen molar-refractivity contribution in [3.63, 3.8) is 0 Å². The van der Waals surface area contributed by atoms with E-state index in [0.717, 1.165) is 16.7 Å². The molecule has 38 heavy (non-hydrogen) atoms. The molecule has 0 saturated carbocycles. The molecule has 8 heteroatoms. The molecule has 1 aromatic heterocycles. The van der Waals surface area contributed by atoms with E-state index >= 15 is 0 Å². The molecule has 0 unspecified atom stereocenters. The molecule has 2 aromatic carbocycles. The Bertz CT molecular complexity index is 1270. The first-order chi connectivity index (χ1) is 17.8. The third-order valence-electron chi connectivity index (χ3n) is 5.15. The van der Waals surface area contributed by atoms with Gasteiger partial charge in [-0.15, -0.1) is 0 Å². The summed E-state index contributed by atoms with van der Waals surface area (Å²) in [5, 5.41) is 0. The van der Waals surface area contributed by atoms with Crippen molar-refractivity contribution in [1.82, 2.24) is 4.98 Å². The third kappa shape index (κ3) is 9.03. The lowest BCUT2D eigenvalue weighted by atomic mass is 10.1. The minimum atomic E-state index is -0.753. The summed E-state index contributed by atoms with van der Waals surface area (Å²) < 4.78 is 10.9. The summed E-state index contributed by atoms with van der Waals surface area (Å²) in [5.41, 5.74) is 8.24. The molecule has 0 spiro atoms. The molecule has 8 nitrogen and oxygen atoms in total. The SMILES string of the molecule is CC(C)(C)OC(=O)/N=C(\N)c1ccc(CN(C(=O)OC(C)(C)C)c2cc(Cc3ccccc3)ccn2)cc1. The van der Waals surface area contributed by atoms with E-state index in [0.29, 0.717) is 17.8 Å². The van der Waals surface area contributed by atoms with Crippen molar-refractivity contribution in [3.8, 4) is 0 Å². The van der Waals surface area contributed by atoms with Gasteiger partial charge < -0.3 is 15.2 Å². The first kappa shape index (κ1) is 28.4. The van der Waals surface area contributed by atoms with Crippen molar-refractivity contribution in [1.29, 1.82) is 0 Å². The molecule has 200 valence electrons. The highest BCUT2D eigenvalue weighted by molar-refractivity contribution is 6.02. The van der Waals surface area contributed by atoms with E-state index < -0.39 is 23.4 Å². The Morgan fingerprint density at radius 3 is 2.08 bits per heavy atom. The zero-order valence-corrected chi connectivity index (χ0v) is 22.9. The predicted octanol–water partition coefficient (Wildman–Crippen LogP) is 6.25. The number of pyridine rings is 1. The number of carbonyl (C=O) groups is 2. The summed E-state index contributed by atoms with van der Waals surface area (Å²) in [4.78, 5) is 35.0. The molecular formula is C30H36N4O4. The molecule has 1 heterocycles. The zero-order valence-electron chi connectivity index (χ0n) is 22.9. The van der Waals surface area contributed by atoms with E-state index in [9.17, 15) is 9.59 Å². The second-order valence-corrected chi connectivity index (χ2v) is 10.9. The summed E-state index contributed by atoms with van der Waals surface area (Å²) in [6.07, 6.45) is 1.15. The zero-order chi connectivity index (χ0) is 27.9. The third-order valence-corrected chi connectivity index (χ3v) is 5.15. The van der Waals surface area contributed by atoms with Crippen LogP contribution in [0.2, 0.25) is 0 Å². The second kappa shape index (κ2) is 11.9. The minimum Gasteiger partial charge on any atom is -0.443 e. The normalized spacial score (nSPS) is 12.1. The van der Waals surface area contributed by atoms with Crippen LogP contribution in [-0.4, -0.2) is 34.2 Å². The van der Waals surface area contributed by atoms with Crippen LogP contribution >= 0.6 is 0 Å². The summed E-state index contributed by atoms with van der Waals surface area (Å²) in [5.74, 6) is 0.535. The molecule has 0 aliphatic heterocycles. The minimum absolute atomic E-state index is 0.0464. The van der Waals surface area contributed by atoms with Crippen LogP contribution in [0, 0.1) is 0 Å². The van der Waals surface area contributed by atoms with Gasteiger partial charge in [-0.25, -0.2) is 14.6 Å². The maximum atomic E-state index is 13.2. The van der Waals surface area contributed by atoms with Crippen LogP contribution in [0.25, 0.3) is 0 Å². The van der Waals surface area contributed by atoms with Gasteiger partial charge in [-0.1, -0.05) is 54.6 Å². The number of amides is 2. The van der Waals surface area contributed by atoms with Crippen LogP contribution in [0.1, 0.15) is 63.8 Å². The molecular weight excluding hydrogens is 480 g/mol. The van der Waals surface area contributed by atoms with Crippen molar-refractivity contribution in [2.75, 3.05) is 4.90 Å². The number of ether oxygens (including phenoxy) is 2. The first-order valence-corrected chi connectivity index (χ1v) is 12.4. The molecule has 3 rings (SSSR count). The quantitative estimate of drug-likeness (QED) is 0.306. The molecule has 0 bridgehead atoms. The van der Waals surface area contributed by atoms with Crippen LogP contribution in [0.3, 0.4) is 0 Å². The molecule has 0 saturated heterocycles. The Kier molecular flexibility index (Phi) is 8.88. The lowest BCUT2D eigenvalue weighted by molar-refractivity contribution is 0.0572. The standard InChI is InChI=1S/C30H36N4O4/c1-29(2,3)37-27(35)33-26(31)24-14-12-22(13-15-24)20-34(28(36)38-30(4,5)6)25-19-23(16-17-32-25)18-21-10-8-7-9-11-21/h7-17,19H,18,20H2,1-6H3,(H2,31,33,35). The van der Waals surface area contributed by atoms with E-state index in [-0.39, 0.29) is 12.4 Å². The highest BCUT2D eigenvalue weighted by Gasteiger charge is 2.25. The van der Waals surface area contributed by atoms with Crippen LogP contribution < -0.4 is 10.6 Å². The largest absolute Gasteiger partial charge is 0.443 e. The number of anilines is 1. The molecule has 0 aliphatic carbocycles. The highest BCUT2D eigenvalue weighted by atomic mass is 16.6. The van der Waals surface area contributed by atoms with Crippen molar-refractivity contribution in [2.24, 2.45) is 10.7 Å². The number of rotatable bonds is 6. The van der Waals surface area contributed by atoms with E-state index in [1.807, 2.05) is 63.2 Å². The number of nitrogens with two attached hydrogens (primary N) is 1. The van der Waals surface area contributed by atoms with Gasteiger partial charge in [0.05, 0.1) is 6.54 Å². The van der Waals surface area contributed by atoms with Gasteiger partial charge in [0.15, 0.2) is 0 Å². The number of carbonyl (C=O) groups excluding carboxylic acids is 2. The average Bonchev–Trinajstić information content (AvgIpc) is 2.81. The topological polar surface area (TPSA) is 107 Å². The smallest absolute Gasteiger partial charge is 0.436 e. The molecule has 0 atom stereocenters. The van der Waals surface area contributed by atoms with Gasteiger partial charge >= 0.3 is 12.2 Å². The van der Waals surface area contributed by atoms with Gasteiger partial charge in [0.25, 0.3) is 0 Å². The molecule has 0 fully saturated rings. The molecule has 2 amide bonds. The van der Waals surface area contributed by atoms with E-state index in [1.165, 1.54) is 4.90 Å². The lowest BCUT2D eigenvalue weighted by Crippen LogP contribution is -2.37. The average molecular weight is 517 g/mol. The maximum Gasteiger partial charge on any atom is 0.436 e. The van der Waals surface area contributed by atoms with Gasteiger partial charge in [-0.05, 0) is 76.8 Å². The summed E-state index contributed by atoms with van der Waals surface area (Å²) in [6, 6.07) is 21.1. The van der Waals surface area contributed by atoms with Crippen LogP contribution in [-0.2, 0) is 22.4 Å². The summed E-state index contributed by atoms with van der Waals surface area (Å²) in [6.45, 7) is 11.0. The lowest BCUT2D eigenvalue weighted by Gasteiger charge is -2.27. The van der Waals surface area contributed by atoms with Crippen LogP contribution in [0.5, 0.6) is 0 Å². The number of benzene rings is 2. The fourth-order valence-corrected chi connectivity index (χ4v) is 3.52. The molecule has 0 aliphatic rings. The molecule has 0 radical (unpaired) electrons. The molecule has 3 aromatic rings. The Balaban J connectivity index is 1.83. The summed E-state index contributed by atoms with van der Waals surface area (Å²) in [7, 11) is 0. The van der Waals surface area contributed by atoms with Crippen molar-refractivity contribution in [2.45, 2.75) is 65.7 Å². The van der Waals surface area contributed by atoms with Gasteiger partial charge in [-0.2, -0.15) is 4.99 Å². The number of nitrogens with zero attached hydrogens (tertiary/aromatic N) is 3. The van der Waals surface area contributed by atoms with Crippen LogP contribution in [0.15, 0.2) is 77.9 Å². The van der Waals surface area contributed by atoms with Crippen LogP contribution in [0.4, 0.5) is 15.4 Å². The monoisotopic (exact) mass is 516 g/mol. The van der Waals surface area contributed by atoms with Crippen molar-refractivity contribution in [3.05, 3.63) is 95.2 Å². The highest BCUT2D eigenvalue weighted by Crippen LogP contribution is 2.22. The second-order valence-electron chi connectivity index (χ2n) is 10.9. The fraction of sp³-hybridized carbons (Fsp3) is 0.333. The Morgan fingerprint density at radius 1 is 0.842 bits per heavy atom. The Labute approximate surface area is 224 Å². The summed E-state index contributed by atoms with van der Waals surface area (Å²) >= 11 is 0. The number of aliphatic imine (C=N–C) groups is 1. The van der Waals surface area contributed by atoms with Gasteiger partial charge in [-0.3, -0.25) is 4.90 Å². The maximum absolute atomic E-state index is 13.2. The molecule has 2 N–H and O–H groups in total. The van der Waals surface area contributed by atoms with E-state index in [1.54, 1.807) is 39.1 Å². The number of hydrogen-bond acceptors (Lipinski definition) is 5. The number of hydrogen-bond donors (Lipinski definition) is 1. The van der Waals surface area contributed by atoms with E-state index in [2.05, 4.69) is 22.1 Å². The van der Waals surface area contributed by atoms with E-state index in [4.69, 9.17) is 15.2 Å². The van der Waals surface area contributed by atoms with Gasteiger partial charge in [0, 0.05) is 11.8 Å². The Morgan fingerprint density at radius 2 is 1.47 bits per heavy atom. The number of amidine groups is 1. The Hall–Kier alpha value is -4.20. The van der Waals surface area contributed by atoms with Crippen molar-refractivity contribution >= 4 is 23.8 Å². The first-order valence-electron chi connectivity index (χ1n) is 12.4. The van der Waals surface area contributed by atoms with Gasteiger partial charge in [0.1, 0.15) is 22.9 Å². The fourth-order valence-electron chi connectivity index (χ4n) is 3.52.